The zero-order valence-corrected chi connectivity index (χ0v) is 29.6. The lowest BCUT2D eigenvalue weighted by Crippen LogP contribution is -2.26. The molecule has 50 heavy (non-hydrogen) atoms. The van der Waals surface area contributed by atoms with E-state index in [2.05, 4.69) is 47.9 Å². The Morgan fingerprint density at radius 3 is 1.80 bits per heavy atom. The minimum absolute atomic E-state index is 0.349. The summed E-state index contributed by atoms with van der Waals surface area (Å²) in [5, 5.41) is 18.0. The molecule has 4 aromatic rings. The molecule has 1 atom stereocenters. The Morgan fingerprint density at radius 2 is 1.30 bits per heavy atom. The van der Waals surface area contributed by atoms with Gasteiger partial charge in [0.2, 0.25) is 0 Å². The molecule has 0 fully saturated rings. The Hall–Kier alpha value is -5.12. The summed E-state index contributed by atoms with van der Waals surface area (Å²) in [4.78, 5) is 24.2. The molecular formula is C42H38O6S2. The van der Waals surface area contributed by atoms with Crippen LogP contribution in [0.3, 0.4) is 0 Å². The van der Waals surface area contributed by atoms with Crippen LogP contribution in [-0.4, -0.2) is 53.0 Å². The van der Waals surface area contributed by atoms with Gasteiger partial charge >= 0.3 is 11.9 Å². The molecule has 0 aromatic heterocycles. The number of benzene rings is 4. The Bertz CT molecular complexity index is 1910. The molecule has 0 saturated carbocycles. The summed E-state index contributed by atoms with van der Waals surface area (Å²) in [7, 11) is 0. The minimum atomic E-state index is -0.995. The average molecular weight is 703 g/mol. The van der Waals surface area contributed by atoms with Crippen LogP contribution in [0.5, 0.6) is 5.75 Å². The third kappa shape index (κ3) is 13.1. The molecule has 0 bridgehead atoms. The Balaban J connectivity index is 1.18. The summed E-state index contributed by atoms with van der Waals surface area (Å²) in [6, 6.07) is 30.0. The molecular weight excluding hydrogens is 665 g/mol. The Morgan fingerprint density at radius 1 is 0.760 bits per heavy atom. The van der Waals surface area contributed by atoms with E-state index in [0.29, 0.717) is 18.8 Å². The molecule has 0 spiro atoms. The van der Waals surface area contributed by atoms with Gasteiger partial charge in [0, 0.05) is 45.5 Å². The molecule has 0 radical (unpaired) electrons. The number of aliphatic carboxylic acids is 2. The summed E-state index contributed by atoms with van der Waals surface area (Å²) in [5.74, 6) is 12.7. The molecule has 0 aliphatic heterocycles. The standard InChI is InChI=1S/C42H38O6S2/c1-3-47-40(42(45)46)29-34-16-22-37(23-17-34)49-26-8-4-6-10-32-12-18-35(19-13-32)36-20-14-33(15-21-36)11-7-5-9-27-50-38-24-25-39(31(2)28-38)48-30-41(43)44/h4-5,8-9,12-25,28,40H,3,26-27,29-30H2,1-2H3,(H,43,44)(H,45,46). The topological polar surface area (TPSA) is 93.1 Å². The average Bonchev–Trinajstić information content (AvgIpc) is 3.11. The van der Waals surface area contributed by atoms with Crippen LogP contribution in [0.25, 0.3) is 11.1 Å². The quantitative estimate of drug-likeness (QED) is 0.0941. The normalized spacial score (nSPS) is 11.4. The highest BCUT2D eigenvalue weighted by molar-refractivity contribution is 7.99. The van der Waals surface area contributed by atoms with Gasteiger partial charge in [0.05, 0.1) is 0 Å². The highest BCUT2D eigenvalue weighted by atomic mass is 32.2. The molecule has 6 nitrogen and oxygen atoms in total. The van der Waals surface area contributed by atoms with E-state index in [0.717, 1.165) is 54.7 Å². The van der Waals surface area contributed by atoms with E-state index in [1.807, 2.05) is 91.9 Å². The molecule has 8 heteroatoms. The van der Waals surface area contributed by atoms with Crippen molar-refractivity contribution in [2.75, 3.05) is 24.7 Å². The summed E-state index contributed by atoms with van der Waals surface area (Å²) in [5.41, 5.74) is 5.94. The van der Waals surface area contributed by atoms with E-state index < -0.39 is 18.0 Å². The molecule has 0 saturated heterocycles. The summed E-state index contributed by atoms with van der Waals surface area (Å²) in [6.07, 6.45) is 7.30. The maximum Gasteiger partial charge on any atom is 0.341 e. The van der Waals surface area contributed by atoms with Crippen molar-refractivity contribution in [3.63, 3.8) is 0 Å². The van der Waals surface area contributed by atoms with Gasteiger partial charge in [0.1, 0.15) is 5.75 Å². The Labute approximate surface area is 302 Å². The van der Waals surface area contributed by atoms with Crippen LogP contribution in [0, 0.1) is 30.6 Å². The van der Waals surface area contributed by atoms with Crippen LogP contribution in [0.4, 0.5) is 0 Å². The van der Waals surface area contributed by atoms with Crippen LogP contribution in [0.1, 0.15) is 29.2 Å². The molecule has 0 aliphatic rings. The van der Waals surface area contributed by atoms with Gasteiger partial charge in [-0.25, -0.2) is 9.59 Å². The second-order valence-electron chi connectivity index (χ2n) is 10.9. The SMILES string of the molecule is CCOC(Cc1ccc(SCC=CC#Cc2ccc(-c3ccc(C#CC=CCSc4ccc(OCC(=O)O)c(C)c4)cc3)cc2)cc1)C(=O)O. The van der Waals surface area contributed by atoms with Crippen molar-refractivity contribution < 1.29 is 29.3 Å². The van der Waals surface area contributed by atoms with Gasteiger partial charge in [-0.2, -0.15) is 0 Å². The number of ether oxygens (including phenoxy) is 2. The molecule has 0 heterocycles. The molecule has 2 N–H and O–H groups in total. The van der Waals surface area contributed by atoms with Crippen LogP contribution < -0.4 is 4.74 Å². The van der Waals surface area contributed by atoms with Crippen LogP contribution in [0.2, 0.25) is 0 Å². The molecule has 0 aliphatic carbocycles. The van der Waals surface area contributed by atoms with E-state index in [1.54, 1.807) is 36.5 Å². The number of carboxylic acid groups (broad SMARTS) is 2. The molecule has 4 aromatic carbocycles. The minimum Gasteiger partial charge on any atom is -0.482 e. The monoisotopic (exact) mass is 702 g/mol. The zero-order valence-electron chi connectivity index (χ0n) is 27.9. The molecule has 1 unspecified atom stereocenters. The van der Waals surface area contributed by atoms with Crippen molar-refractivity contribution in [1.29, 1.82) is 0 Å². The van der Waals surface area contributed by atoms with Crippen LogP contribution in [0.15, 0.2) is 125 Å². The summed E-state index contributed by atoms with van der Waals surface area (Å²) in [6.45, 7) is 3.72. The zero-order chi connectivity index (χ0) is 35.6. The van der Waals surface area contributed by atoms with E-state index in [9.17, 15) is 14.7 Å². The number of hydrogen-bond acceptors (Lipinski definition) is 6. The highest BCUT2D eigenvalue weighted by Gasteiger charge is 2.17. The van der Waals surface area contributed by atoms with E-state index in [1.165, 1.54) is 0 Å². The molecule has 4 rings (SSSR count). The van der Waals surface area contributed by atoms with Gasteiger partial charge in [0.15, 0.2) is 12.7 Å². The summed E-state index contributed by atoms with van der Waals surface area (Å²) >= 11 is 3.36. The number of rotatable bonds is 15. The van der Waals surface area contributed by atoms with E-state index >= 15 is 0 Å². The fourth-order valence-electron chi connectivity index (χ4n) is 4.61. The second-order valence-corrected chi connectivity index (χ2v) is 13.0. The molecule has 254 valence electrons. The van der Waals surface area contributed by atoms with Crippen molar-refractivity contribution in [3.05, 3.63) is 138 Å². The van der Waals surface area contributed by atoms with Crippen molar-refractivity contribution in [3.8, 4) is 40.6 Å². The lowest BCUT2D eigenvalue weighted by Gasteiger charge is -2.12. The number of hydrogen-bond donors (Lipinski definition) is 2. The van der Waals surface area contributed by atoms with Gasteiger partial charge in [-0.3, -0.25) is 0 Å². The second kappa shape index (κ2) is 20.4. The molecule has 0 amide bonds. The number of aryl methyl sites for hydroxylation is 1. The van der Waals surface area contributed by atoms with Crippen molar-refractivity contribution in [2.24, 2.45) is 0 Å². The maximum absolute atomic E-state index is 11.3. The lowest BCUT2D eigenvalue weighted by molar-refractivity contribution is -0.150. The third-order valence-corrected chi connectivity index (χ3v) is 9.03. The lowest BCUT2D eigenvalue weighted by atomic mass is 10.0. The first-order valence-electron chi connectivity index (χ1n) is 16.0. The largest absolute Gasteiger partial charge is 0.482 e. The highest BCUT2D eigenvalue weighted by Crippen LogP contribution is 2.26. The first-order valence-corrected chi connectivity index (χ1v) is 18.0. The van der Waals surface area contributed by atoms with Gasteiger partial charge in [-0.1, -0.05) is 72.2 Å². The number of carbonyl (C=O) groups is 2. The van der Waals surface area contributed by atoms with Crippen molar-refractivity contribution >= 4 is 35.5 Å². The fourth-order valence-corrected chi connectivity index (χ4v) is 6.14. The van der Waals surface area contributed by atoms with E-state index in [-0.39, 0.29) is 6.61 Å². The first kappa shape index (κ1) is 37.7. The Kier molecular flexibility index (Phi) is 15.4. The predicted molar refractivity (Wildman–Crippen MR) is 203 cm³/mol. The fraction of sp³-hybridized carbons (Fsp3) is 0.190. The van der Waals surface area contributed by atoms with Gasteiger partial charge in [-0.05, 0) is 103 Å². The third-order valence-electron chi connectivity index (χ3n) is 7.12. The van der Waals surface area contributed by atoms with Crippen LogP contribution >= 0.6 is 23.5 Å². The van der Waals surface area contributed by atoms with Crippen molar-refractivity contribution in [2.45, 2.75) is 36.2 Å². The van der Waals surface area contributed by atoms with Gasteiger partial charge in [-0.15, -0.1) is 23.5 Å². The number of allylic oxidation sites excluding steroid dienone is 2. The van der Waals surface area contributed by atoms with Crippen molar-refractivity contribution in [1.82, 2.24) is 0 Å². The summed E-state index contributed by atoms with van der Waals surface area (Å²) < 4.78 is 10.6. The maximum atomic E-state index is 11.3. The van der Waals surface area contributed by atoms with Gasteiger partial charge in [0.25, 0.3) is 0 Å². The number of carboxylic acids is 2. The smallest absolute Gasteiger partial charge is 0.341 e. The number of thioether (sulfide) groups is 2. The van der Waals surface area contributed by atoms with Crippen LogP contribution in [-0.2, 0) is 20.7 Å². The predicted octanol–water partition coefficient (Wildman–Crippen LogP) is 8.56. The first-order chi connectivity index (χ1) is 24.3. The van der Waals surface area contributed by atoms with Gasteiger partial charge < -0.3 is 19.7 Å². The van der Waals surface area contributed by atoms with E-state index in [4.69, 9.17) is 14.6 Å².